The summed E-state index contributed by atoms with van der Waals surface area (Å²) in [6.07, 6.45) is 3.76. The quantitative estimate of drug-likeness (QED) is 0.798. The van der Waals surface area contributed by atoms with Gasteiger partial charge in [0.25, 0.3) is 0 Å². The van der Waals surface area contributed by atoms with Crippen LogP contribution in [0.4, 0.5) is 5.95 Å². The first-order valence-corrected chi connectivity index (χ1v) is 5.09. The Kier molecular flexibility index (Phi) is 2.72. The highest BCUT2D eigenvalue weighted by atomic mass is 15.0. The van der Waals surface area contributed by atoms with E-state index in [4.69, 9.17) is 5.73 Å². The molecule has 1 aromatic carbocycles. The monoisotopic (exact) mass is 201 g/mol. The number of nitrogens with two attached hydrogens (primary N) is 1. The molecule has 3 N–H and O–H groups in total. The highest BCUT2D eigenvalue weighted by Gasteiger charge is 1.98. The number of aromatic nitrogens is 2. The molecule has 0 saturated carbocycles. The van der Waals surface area contributed by atoms with Crippen LogP contribution in [-0.4, -0.2) is 9.97 Å². The van der Waals surface area contributed by atoms with Crippen molar-refractivity contribution >= 4 is 5.95 Å². The van der Waals surface area contributed by atoms with Crippen LogP contribution in [0.5, 0.6) is 0 Å². The van der Waals surface area contributed by atoms with E-state index in [0.29, 0.717) is 5.95 Å². The number of benzene rings is 1. The Morgan fingerprint density at radius 2 is 1.93 bits per heavy atom. The van der Waals surface area contributed by atoms with Crippen LogP contribution in [0, 0.1) is 6.92 Å². The third-order valence-corrected chi connectivity index (χ3v) is 2.45. The molecular weight excluding hydrogens is 186 g/mol. The fraction of sp³-hybridized carbons (Fsp3) is 0.250. The fourth-order valence-electron chi connectivity index (χ4n) is 1.54. The molecule has 0 atom stereocenters. The molecule has 0 bridgehead atoms. The van der Waals surface area contributed by atoms with Crippen molar-refractivity contribution < 1.29 is 0 Å². The molecule has 0 aliphatic heterocycles. The zero-order valence-corrected chi connectivity index (χ0v) is 8.83. The molecule has 0 spiro atoms. The number of anilines is 1. The van der Waals surface area contributed by atoms with Crippen LogP contribution in [0.15, 0.2) is 30.5 Å². The molecule has 0 unspecified atom stereocenters. The minimum Gasteiger partial charge on any atom is -0.369 e. The average molecular weight is 201 g/mol. The summed E-state index contributed by atoms with van der Waals surface area (Å²) in [6, 6.07) is 8.59. The maximum atomic E-state index is 5.50. The molecular formula is C12H15N3. The van der Waals surface area contributed by atoms with Crippen LogP contribution < -0.4 is 5.73 Å². The Morgan fingerprint density at radius 1 is 1.20 bits per heavy atom. The predicted octanol–water partition coefficient (Wildman–Crippen LogP) is 2.09. The van der Waals surface area contributed by atoms with E-state index in [1.165, 1.54) is 11.1 Å². The van der Waals surface area contributed by atoms with Gasteiger partial charge in [0, 0.05) is 5.69 Å². The van der Waals surface area contributed by atoms with Crippen molar-refractivity contribution in [2.45, 2.75) is 19.8 Å². The number of H-pyrrole nitrogens is 1. The van der Waals surface area contributed by atoms with Gasteiger partial charge in [0.05, 0.1) is 6.20 Å². The number of hydrogen-bond donors (Lipinski definition) is 2. The van der Waals surface area contributed by atoms with Gasteiger partial charge in [0.15, 0.2) is 5.95 Å². The molecule has 1 heterocycles. The second-order valence-corrected chi connectivity index (χ2v) is 3.78. The number of aromatic amines is 1. The third kappa shape index (κ3) is 2.59. The Bertz CT molecular complexity index is 428. The largest absolute Gasteiger partial charge is 0.369 e. The van der Waals surface area contributed by atoms with Gasteiger partial charge in [-0.05, 0) is 25.3 Å². The van der Waals surface area contributed by atoms with Gasteiger partial charge in [-0.2, -0.15) is 0 Å². The van der Waals surface area contributed by atoms with Gasteiger partial charge < -0.3 is 10.7 Å². The smallest absolute Gasteiger partial charge is 0.197 e. The second-order valence-electron chi connectivity index (χ2n) is 3.78. The van der Waals surface area contributed by atoms with Crippen molar-refractivity contribution in [2.75, 3.05) is 5.73 Å². The summed E-state index contributed by atoms with van der Waals surface area (Å²) < 4.78 is 0. The minimum atomic E-state index is 0.494. The summed E-state index contributed by atoms with van der Waals surface area (Å²) in [5, 5.41) is 0. The van der Waals surface area contributed by atoms with Gasteiger partial charge in [0.2, 0.25) is 0 Å². The fourth-order valence-corrected chi connectivity index (χ4v) is 1.54. The van der Waals surface area contributed by atoms with Crippen LogP contribution in [0.25, 0.3) is 0 Å². The molecule has 0 saturated heterocycles. The molecule has 15 heavy (non-hydrogen) atoms. The molecule has 3 nitrogen and oxygen atoms in total. The summed E-state index contributed by atoms with van der Waals surface area (Å²) in [5.74, 6) is 0.494. The normalized spacial score (nSPS) is 10.5. The number of imidazole rings is 1. The summed E-state index contributed by atoms with van der Waals surface area (Å²) in [7, 11) is 0. The Labute approximate surface area is 89.4 Å². The Balaban J connectivity index is 1.96. The van der Waals surface area contributed by atoms with E-state index in [1.807, 2.05) is 0 Å². The standard InChI is InChI=1S/C12H15N3/c1-9-2-4-10(5-3-9)6-7-11-8-14-12(13)15-11/h2-5,8H,6-7H2,1H3,(H3,13,14,15). The van der Waals surface area contributed by atoms with Crippen LogP contribution >= 0.6 is 0 Å². The average Bonchev–Trinajstić information content (AvgIpc) is 2.64. The van der Waals surface area contributed by atoms with Gasteiger partial charge in [-0.25, -0.2) is 4.98 Å². The van der Waals surface area contributed by atoms with Crippen molar-refractivity contribution in [2.24, 2.45) is 0 Å². The van der Waals surface area contributed by atoms with Crippen molar-refractivity contribution in [1.29, 1.82) is 0 Å². The van der Waals surface area contributed by atoms with E-state index in [0.717, 1.165) is 18.5 Å². The summed E-state index contributed by atoms with van der Waals surface area (Å²) >= 11 is 0. The summed E-state index contributed by atoms with van der Waals surface area (Å²) in [6.45, 7) is 2.10. The Morgan fingerprint density at radius 3 is 2.53 bits per heavy atom. The lowest BCUT2D eigenvalue weighted by molar-refractivity contribution is 0.926. The summed E-state index contributed by atoms with van der Waals surface area (Å²) in [4.78, 5) is 6.99. The van der Waals surface area contributed by atoms with Crippen molar-refractivity contribution in [3.63, 3.8) is 0 Å². The van der Waals surface area contributed by atoms with Gasteiger partial charge >= 0.3 is 0 Å². The van der Waals surface area contributed by atoms with Crippen LogP contribution in [-0.2, 0) is 12.8 Å². The summed E-state index contributed by atoms with van der Waals surface area (Å²) in [5.41, 5.74) is 9.23. The minimum absolute atomic E-state index is 0.494. The molecule has 2 rings (SSSR count). The highest BCUT2D eigenvalue weighted by Crippen LogP contribution is 2.07. The van der Waals surface area contributed by atoms with Crippen LogP contribution in [0.1, 0.15) is 16.8 Å². The topological polar surface area (TPSA) is 54.7 Å². The lowest BCUT2D eigenvalue weighted by atomic mass is 10.1. The van der Waals surface area contributed by atoms with Crippen molar-refractivity contribution in [3.8, 4) is 0 Å². The lowest BCUT2D eigenvalue weighted by Gasteiger charge is -2.00. The third-order valence-electron chi connectivity index (χ3n) is 2.45. The highest BCUT2D eigenvalue weighted by molar-refractivity contribution is 5.23. The van der Waals surface area contributed by atoms with Crippen molar-refractivity contribution in [3.05, 3.63) is 47.3 Å². The molecule has 78 valence electrons. The van der Waals surface area contributed by atoms with E-state index in [-0.39, 0.29) is 0 Å². The number of nitrogens with zero attached hydrogens (tertiary/aromatic N) is 1. The maximum Gasteiger partial charge on any atom is 0.197 e. The molecule has 0 aliphatic rings. The molecule has 1 aromatic heterocycles. The first-order valence-electron chi connectivity index (χ1n) is 5.09. The molecule has 3 heteroatoms. The van der Waals surface area contributed by atoms with E-state index in [2.05, 4.69) is 41.2 Å². The van der Waals surface area contributed by atoms with E-state index < -0.39 is 0 Å². The van der Waals surface area contributed by atoms with Gasteiger partial charge in [-0.1, -0.05) is 29.8 Å². The number of nitrogens with one attached hydrogen (secondary N) is 1. The maximum absolute atomic E-state index is 5.50. The molecule has 2 aromatic rings. The first kappa shape index (κ1) is 9.77. The van der Waals surface area contributed by atoms with Gasteiger partial charge in [-0.15, -0.1) is 0 Å². The zero-order chi connectivity index (χ0) is 10.7. The van der Waals surface area contributed by atoms with Crippen LogP contribution in [0.3, 0.4) is 0 Å². The molecule has 0 aliphatic carbocycles. The Hall–Kier alpha value is -1.77. The van der Waals surface area contributed by atoms with Crippen molar-refractivity contribution in [1.82, 2.24) is 9.97 Å². The zero-order valence-electron chi connectivity index (χ0n) is 8.83. The number of aryl methyl sites for hydroxylation is 3. The van der Waals surface area contributed by atoms with Gasteiger partial charge in [0.1, 0.15) is 0 Å². The van der Waals surface area contributed by atoms with E-state index in [1.54, 1.807) is 6.20 Å². The number of nitrogen functional groups attached to an aromatic ring is 1. The number of rotatable bonds is 3. The lowest BCUT2D eigenvalue weighted by Crippen LogP contribution is -1.92. The SMILES string of the molecule is Cc1ccc(CCc2cnc(N)[nH]2)cc1. The molecule has 0 radical (unpaired) electrons. The van der Waals surface area contributed by atoms with Crippen LogP contribution in [0.2, 0.25) is 0 Å². The molecule has 0 fully saturated rings. The van der Waals surface area contributed by atoms with E-state index >= 15 is 0 Å². The molecule has 0 amide bonds. The van der Waals surface area contributed by atoms with E-state index in [9.17, 15) is 0 Å². The van der Waals surface area contributed by atoms with Gasteiger partial charge in [-0.3, -0.25) is 0 Å². The predicted molar refractivity (Wildman–Crippen MR) is 61.6 cm³/mol. The first-order chi connectivity index (χ1) is 7.24. The number of hydrogen-bond acceptors (Lipinski definition) is 2. The second kappa shape index (κ2) is 4.17.